The molecule has 1 atom stereocenters. The summed E-state index contributed by atoms with van der Waals surface area (Å²) >= 11 is 0. The summed E-state index contributed by atoms with van der Waals surface area (Å²) in [5.41, 5.74) is 2.23. The summed E-state index contributed by atoms with van der Waals surface area (Å²) in [7, 11) is 0. The minimum atomic E-state index is -0.507. The number of hydrogen-bond donors (Lipinski definition) is 2. The van der Waals surface area contributed by atoms with Crippen LogP contribution < -0.4 is 10.1 Å². The van der Waals surface area contributed by atoms with Crippen LogP contribution in [0.2, 0.25) is 0 Å². The molecule has 0 aliphatic carbocycles. The maximum absolute atomic E-state index is 9.92. The van der Waals surface area contributed by atoms with Gasteiger partial charge in [-0.15, -0.1) is 0 Å². The van der Waals surface area contributed by atoms with E-state index in [1.165, 1.54) is 5.56 Å². The first kappa shape index (κ1) is 16.6. The van der Waals surface area contributed by atoms with Crippen LogP contribution in [-0.2, 0) is 6.42 Å². The van der Waals surface area contributed by atoms with E-state index in [2.05, 4.69) is 17.4 Å². The highest BCUT2D eigenvalue weighted by Crippen LogP contribution is 2.17. The smallest absolute Gasteiger partial charge is 0.133 e. The summed E-state index contributed by atoms with van der Waals surface area (Å²) in [6.07, 6.45) is 3.24. The summed E-state index contributed by atoms with van der Waals surface area (Å²) in [6.45, 7) is 1.70. The summed E-state index contributed by atoms with van der Waals surface area (Å²) < 4.78 is 10.9. The zero-order valence-electron chi connectivity index (χ0n) is 13.7. The van der Waals surface area contributed by atoms with Gasteiger partial charge in [0.1, 0.15) is 24.0 Å². The second-order valence-corrected chi connectivity index (χ2v) is 5.88. The zero-order chi connectivity index (χ0) is 16.6. The molecule has 0 amide bonds. The quantitative estimate of drug-likeness (QED) is 0.592. The second-order valence-electron chi connectivity index (χ2n) is 5.88. The third-order valence-corrected chi connectivity index (χ3v) is 3.90. The van der Waals surface area contributed by atoms with Crippen molar-refractivity contribution in [3.8, 4) is 5.75 Å². The normalized spacial score (nSPS) is 12.4. The lowest BCUT2D eigenvalue weighted by molar-refractivity contribution is 0.106. The number of fused-ring (bicyclic) bond motifs is 1. The van der Waals surface area contributed by atoms with Gasteiger partial charge in [0.2, 0.25) is 0 Å². The number of furan rings is 1. The van der Waals surface area contributed by atoms with Crippen LogP contribution in [-0.4, -0.2) is 30.9 Å². The Labute approximate surface area is 142 Å². The van der Waals surface area contributed by atoms with Crippen LogP contribution in [0.4, 0.5) is 0 Å². The predicted molar refractivity (Wildman–Crippen MR) is 95.3 cm³/mol. The number of hydrogen-bond acceptors (Lipinski definition) is 4. The van der Waals surface area contributed by atoms with Crippen LogP contribution in [0.25, 0.3) is 11.0 Å². The van der Waals surface area contributed by atoms with E-state index in [0.717, 1.165) is 36.1 Å². The van der Waals surface area contributed by atoms with Gasteiger partial charge in [0.15, 0.2) is 0 Å². The number of para-hydroxylation sites is 1. The van der Waals surface area contributed by atoms with Crippen molar-refractivity contribution in [2.45, 2.75) is 18.9 Å². The summed E-state index contributed by atoms with van der Waals surface area (Å²) in [5, 5.41) is 14.3. The maximum Gasteiger partial charge on any atom is 0.133 e. The Hall–Kier alpha value is -2.30. The van der Waals surface area contributed by atoms with Crippen molar-refractivity contribution in [1.82, 2.24) is 5.32 Å². The molecule has 2 aromatic carbocycles. The highest BCUT2D eigenvalue weighted by atomic mass is 16.5. The Morgan fingerprint density at radius 2 is 1.96 bits per heavy atom. The highest BCUT2D eigenvalue weighted by molar-refractivity contribution is 5.77. The molecule has 0 aliphatic rings. The van der Waals surface area contributed by atoms with Gasteiger partial charge in [-0.3, -0.25) is 0 Å². The van der Waals surface area contributed by atoms with Crippen molar-refractivity contribution in [3.63, 3.8) is 0 Å². The third-order valence-electron chi connectivity index (χ3n) is 3.90. The van der Waals surface area contributed by atoms with E-state index in [9.17, 15) is 5.11 Å². The molecule has 1 aromatic heterocycles. The van der Waals surface area contributed by atoms with Crippen LogP contribution in [0.15, 0.2) is 65.3 Å². The van der Waals surface area contributed by atoms with Gasteiger partial charge in [0, 0.05) is 11.9 Å². The molecule has 1 heterocycles. The van der Waals surface area contributed by atoms with Crippen LogP contribution in [0, 0.1) is 0 Å². The lowest BCUT2D eigenvalue weighted by atomic mass is 10.1. The Morgan fingerprint density at radius 3 is 2.83 bits per heavy atom. The molecule has 126 valence electrons. The van der Waals surface area contributed by atoms with Gasteiger partial charge in [-0.25, -0.2) is 0 Å². The fraction of sp³-hybridized carbons (Fsp3) is 0.300. The lowest BCUT2D eigenvalue weighted by Crippen LogP contribution is -2.32. The van der Waals surface area contributed by atoms with E-state index in [1.807, 2.05) is 42.5 Å². The van der Waals surface area contributed by atoms with E-state index in [0.29, 0.717) is 13.2 Å². The third kappa shape index (κ3) is 4.85. The maximum atomic E-state index is 9.92. The fourth-order valence-corrected chi connectivity index (χ4v) is 2.63. The summed E-state index contributed by atoms with van der Waals surface area (Å²) in [5.74, 6) is 0.784. The Bertz CT molecular complexity index is 739. The van der Waals surface area contributed by atoms with Gasteiger partial charge >= 0.3 is 0 Å². The monoisotopic (exact) mass is 325 g/mol. The Morgan fingerprint density at radius 1 is 1.08 bits per heavy atom. The second kappa shape index (κ2) is 8.52. The number of aryl methyl sites for hydroxylation is 1. The van der Waals surface area contributed by atoms with Crippen molar-refractivity contribution >= 4 is 11.0 Å². The van der Waals surface area contributed by atoms with Crippen LogP contribution in [0.1, 0.15) is 12.0 Å². The molecule has 0 radical (unpaired) electrons. The van der Waals surface area contributed by atoms with Gasteiger partial charge in [0.05, 0.1) is 6.26 Å². The minimum absolute atomic E-state index is 0.300. The van der Waals surface area contributed by atoms with Gasteiger partial charge in [0.25, 0.3) is 0 Å². The van der Waals surface area contributed by atoms with Crippen LogP contribution in [0.5, 0.6) is 5.75 Å². The SMILES string of the molecule is OC(CNCCCc1ccc2occc2c1)COc1ccccc1. The molecule has 0 saturated heterocycles. The molecule has 4 nitrogen and oxygen atoms in total. The first-order chi connectivity index (χ1) is 11.8. The molecular formula is C20H23NO3. The summed E-state index contributed by atoms with van der Waals surface area (Å²) in [6, 6.07) is 17.8. The van der Waals surface area contributed by atoms with Crippen LogP contribution in [0.3, 0.4) is 0 Å². The van der Waals surface area contributed by atoms with E-state index >= 15 is 0 Å². The molecule has 0 fully saturated rings. The Balaban J connectivity index is 1.30. The average molecular weight is 325 g/mol. The van der Waals surface area contributed by atoms with E-state index < -0.39 is 6.10 Å². The van der Waals surface area contributed by atoms with Crippen molar-refractivity contribution in [3.05, 3.63) is 66.4 Å². The minimum Gasteiger partial charge on any atom is -0.491 e. The van der Waals surface area contributed by atoms with E-state index in [-0.39, 0.29) is 0 Å². The molecule has 3 rings (SSSR count). The van der Waals surface area contributed by atoms with Crippen molar-refractivity contribution in [2.75, 3.05) is 19.7 Å². The molecule has 3 aromatic rings. The molecule has 4 heteroatoms. The molecule has 24 heavy (non-hydrogen) atoms. The first-order valence-electron chi connectivity index (χ1n) is 8.34. The average Bonchev–Trinajstić information content (AvgIpc) is 3.08. The van der Waals surface area contributed by atoms with Crippen molar-refractivity contribution in [1.29, 1.82) is 0 Å². The van der Waals surface area contributed by atoms with Crippen molar-refractivity contribution < 1.29 is 14.3 Å². The van der Waals surface area contributed by atoms with E-state index in [1.54, 1.807) is 6.26 Å². The van der Waals surface area contributed by atoms with Crippen molar-refractivity contribution in [2.24, 2.45) is 0 Å². The largest absolute Gasteiger partial charge is 0.491 e. The lowest BCUT2D eigenvalue weighted by Gasteiger charge is -2.13. The summed E-state index contributed by atoms with van der Waals surface area (Å²) in [4.78, 5) is 0. The first-order valence-corrected chi connectivity index (χ1v) is 8.34. The number of rotatable bonds is 9. The predicted octanol–water partition coefficient (Wildman–Crippen LogP) is 3.39. The number of nitrogens with one attached hydrogen (secondary N) is 1. The topological polar surface area (TPSA) is 54.6 Å². The molecular weight excluding hydrogens is 302 g/mol. The van der Waals surface area contributed by atoms with E-state index in [4.69, 9.17) is 9.15 Å². The van der Waals surface area contributed by atoms with Gasteiger partial charge in [-0.2, -0.15) is 0 Å². The molecule has 0 spiro atoms. The molecule has 2 N–H and O–H groups in total. The number of aliphatic hydroxyl groups is 1. The Kier molecular flexibility index (Phi) is 5.88. The fourth-order valence-electron chi connectivity index (χ4n) is 2.63. The molecule has 0 aliphatic heterocycles. The molecule has 1 unspecified atom stereocenters. The van der Waals surface area contributed by atoms with Gasteiger partial charge in [-0.1, -0.05) is 24.3 Å². The standard InChI is InChI=1S/C20H23NO3/c22-18(15-24-19-6-2-1-3-7-19)14-21-11-4-5-16-8-9-20-17(13-16)10-12-23-20/h1-3,6-10,12-13,18,21-22H,4-5,11,14-15H2. The zero-order valence-corrected chi connectivity index (χ0v) is 13.7. The van der Waals surface area contributed by atoms with Gasteiger partial charge < -0.3 is 19.6 Å². The molecule has 0 bridgehead atoms. The number of benzene rings is 2. The van der Waals surface area contributed by atoms with Crippen LogP contribution >= 0.6 is 0 Å². The number of aliphatic hydroxyl groups excluding tert-OH is 1. The number of ether oxygens (including phenoxy) is 1. The molecule has 0 saturated carbocycles. The van der Waals surface area contributed by atoms with Gasteiger partial charge in [-0.05, 0) is 55.3 Å². The highest BCUT2D eigenvalue weighted by Gasteiger charge is 2.05.